The van der Waals surface area contributed by atoms with Crippen molar-refractivity contribution in [2.45, 2.75) is 25.9 Å². The molecule has 22 heavy (non-hydrogen) atoms. The summed E-state index contributed by atoms with van der Waals surface area (Å²) in [6.07, 6.45) is -11.5. The Morgan fingerprint density at radius 2 is 1.86 bits per heavy atom. The number of rotatable bonds is 4. The average molecular weight is 333 g/mol. The monoisotopic (exact) mass is 333 g/mol. The van der Waals surface area contributed by atoms with Gasteiger partial charge in [-0.05, 0) is 6.92 Å². The van der Waals surface area contributed by atoms with Crippen molar-refractivity contribution in [1.82, 2.24) is 4.98 Å². The van der Waals surface area contributed by atoms with Crippen molar-refractivity contribution >= 4 is 5.97 Å². The van der Waals surface area contributed by atoms with Crippen molar-refractivity contribution in [2.75, 3.05) is 6.61 Å². The highest BCUT2D eigenvalue weighted by atomic mass is 19.4. The Bertz CT molecular complexity index is 555. The number of aromatic nitrogens is 1. The summed E-state index contributed by atoms with van der Waals surface area (Å²) in [5.74, 6) is -4.45. The molecule has 0 spiro atoms. The number of halogens is 6. The largest absolute Gasteiger partial charge is 0.573 e. The maximum atomic E-state index is 12.9. The molecule has 0 saturated carbocycles. The number of esters is 1. The average Bonchev–Trinajstić information content (AvgIpc) is 2.30. The number of aromatic hydroxyl groups is 1. The number of carbonyl (C=O) groups excluding carboxylic acids is 1. The van der Waals surface area contributed by atoms with Crippen molar-refractivity contribution in [2.24, 2.45) is 0 Å². The molecule has 1 heterocycles. The zero-order valence-corrected chi connectivity index (χ0v) is 10.9. The summed E-state index contributed by atoms with van der Waals surface area (Å²) < 4.78 is 83.0. The summed E-state index contributed by atoms with van der Waals surface area (Å²) in [4.78, 5) is 14.4. The van der Waals surface area contributed by atoms with E-state index in [4.69, 9.17) is 0 Å². The SMILES string of the molecule is CCOC(=O)Cc1ncc(O)c(OC(F)(F)F)c1C(F)(F)F. The molecule has 0 radical (unpaired) electrons. The molecule has 1 aromatic heterocycles. The molecular formula is C11H9F6NO4. The lowest BCUT2D eigenvalue weighted by Crippen LogP contribution is -2.23. The van der Waals surface area contributed by atoms with E-state index in [1.807, 2.05) is 0 Å². The Morgan fingerprint density at radius 1 is 1.27 bits per heavy atom. The van der Waals surface area contributed by atoms with Crippen LogP contribution in [0, 0.1) is 0 Å². The van der Waals surface area contributed by atoms with Crippen LogP contribution in [0.3, 0.4) is 0 Å². The predicted octanol–water partition coefficient (Wildman–Crippen LogP) is 2.81. The number of carbonyl (C=O) groups is 1. The molecule has 1 N–H and O–H groups in total. The summed E-state index contributed by atoms with van der Waals surface area (Å²) in [6, 6.07) is 0. The van der Waals surface area contributed by atoms with E-state index < -0.39 is 47.7 Å². The summed E-state index contributed by atoms with van der Waals surface area (Å²) in [5, 5.41) is 9.18. The van der Waals surface area contributed by atoms with Gasteiger partial charge in [0.1, 0.15) is 5.56 Å². The number of hydrogen-bond donors (Lipinski definition) is 1. The Labute approximate surface area is 119 Å². The van der Waals surface area contributed by atoms with Gasteiger partial charge in [-0.1, -0.05) is 0 Å². The van der Waals surface area contributed by atoms with Crippen molar-refractivity contribution in [1.29, 1.82) is 0 Å². The summed E-state index contributed by atoms with van der Waals surface area (Å²) in [7, 11) is 0. The molecule has 0 amide bonds. The molecular weight excluding hydrogens is 324 g/mol. The Kier molecular flexibility index (Phi) is 5.09. The molecule has 0 aliphatic heterocycles. The highest BCUT2D eigenvalue weighted by molar-refractivity contribution is 5.73. The standard InChI is InChI=1S/C11H9F6NO4/c1-2-21-7(20)3-5-8(10(12,13)14)9(6(19)4-18-5)22-11(15,16)17/h4,19H,2-3H2,1H3. The smallest absolute Gasteiger partial charge is 0.503 e. The molecule has 0 atom stereocenters. The van der Waals surface area contributed by atoms with E-state index in [1.165, 1.54) is 6.92 Å². The second-order valence-electron chi connectivity index (χ2n) is 3.82. The fourth-order valence-electron chi connectivity index (χ4n) is 1.52. The third-order valence-electron chi connectivity index (χ3n) is 2.21. The lowest BCUT2D eigenvalue weighted by molar-refractivity contribution is -0.276. The number of hydrogen-bond acceptors (Lipinski definition) is 5. The molecule has 0 unspecified atom stereocenters. The molecule has 0 fully saturated rings. The van der Waals surface area contributed by atoms with Crippen LogP contribution < -0.4 is 4.74 Å². The highest BCUT2D eigenvalue weighted by Crippen LogP contribution is 2.44. The van der Waals surface area contributed by atoms with Gasteiger partial charge in [0.05, 0.1) is 24.9 Å². The molecule has 1 rings (SSSR count). The highest BCUT2D eigenvalue weighted by Gasteiger charge is 2.44. The lowest BCUT2D eigenvalue weighted by Gasteiger charge is -2.18. The first-order chi connectivity index (χ1) is 9.95. The third kappa shape index (κ3) is 4.67. The van der Waals surface area contributed by atoms with E-state index in [1.54, 1.807) is 0 Å². The van der Waals surface area contributed by atoms with E-state index in [0.717, 1.165) is 0 Å². The summed E-state index contributed by atoms with van der Waals surface area (Å²) in [5.41, 5.74) is -3.04. The fourth-order valence-corrected chi connectivity index (χ4v) is 1.52. The van der Waals surface area contributed by atoms with Gasteiger partial charge in [-0.15, -0.1) is 13.2 Å². The first-order valence-electron chi connectivity index (χ1n) is 5.65. The maximum Gasteiger partial charge on any atom is 0.573 e. The minimum atomic E-state index is -5.47. The lowest BCUT2D eigenvalue weighted by atomic mass is 10.1. The van der Waals surface area contributed by atoms with Crippen LogP contribution in [0.15, 0.2) is 6.20 Å². The van der Waals surface area contributed by atoms with Gasteiger partial charge in [0.15, 0.2) is 11.5 Å². The van der Waals surface area contributed by atoms with Gasteiger partial charge >= 0.3 is 18.5 Å². The van der Waals surface area contributed by atoms with E-state index in [2.05, 4.69) is 14.5 Å². The van der Waals surface area contributed by atoms with Gasteiger partial charge in [-0.25, -0.2) is 0 Å². The number of nitrogens with zero attached hydrogens (tertiary/aromatic N) is 1. The number of alkyl halides is 6. The minimum Gasteiger partial charge on any atom is -0.503 e. The summed E-state index contributed by atoms with van der Waals surface area (Å²) >= 11 is 0. The molecule has 0 aliphatic carbocycles. The first kappa shape index (κ1) is 17.9. The van der Waals surface area contributed by atoms with Crippen molar-refractivity contribution in [3.8, 4) is 11.5 Å². The van der Waals surface area contributed by atoms with Crippen LogP contribution in [0.5, 0.6) is 11.5 Å². The summed E-state index contributed by atoms with van der Waals surface area (Å²) in [6.45, 7) is 1.26. The molecule has 1 aromatic rings. The molecule has 0 saturated heterocycles. The fraction of sp³-hybridized carbons (Fsp3) is 0.455. The second-order valence-corrected chi connectivity index (χ2v) is 3.82. The van der Waals surface area contributed by atoms with Gasteiger partial charge in [-0.3, -0.25) is 9.78 Å². The van der Waals surface area contributed by atoms with E-state index in [-0.39, 0.29) is 6.61 Å². The van der Waals surface area contributed by atoms with Crippen LogP contribution in [-0.2, 0) is 22.1 Å². The minimum absolute atomic E-state index is 0.135. The van der Waals surface area contributed by atoms with Gasteiger partial charge < -0.3 is 14.6 Å². The van der Waals surface area contributed by atoms with E-state index in [9.17, 15) is 36.2 Å². The van der Waals surface area contributed by atoms with Crippen LogP contribution in [0.1, 0.15) is 18.2 Å². The molecule has 5 nitrogen and oxygen atoms in total. The van der Waals surface area contributed by atoms with Crippen LogP contribution in [0.25, 0.3) is 0 Å². The predicted molar refractivity (Wildman–Crippen MR) is 57.9 cm³/mol. The topological polar surface area (TPSA) is 68.7 Å². The van der Waals surface area contributed by atoms with E-state index >= 15 is 0 Å². The second kappa shape index (κ2) is 6.28. The quantitative estimate of drug-likeness (QED) is 0.678. The molecule has 0 bridgehead atoms. The van der Waals surface area contributed by atoms with Crippen LogP contribution in [0.2, 0.25) is 0 Å². The van der Waals surface area contributed by atoms with Gasteiger partial charge in [-0.2, -0.15) is 13.2 Å². The Morgan fingerprint density at radius 3 is 2.32 bits per heavy atom. The zero-order valence-electron chi connectivity index (χ0n) is 10.9. The Balaban J connectivity index is 3.39. The third-order valence-corrected chi connectivity index (χ3v) is 2.21. The van der Waals surface area contributed by atoms with E-state index in [0.29, 0.717) is 6.20 Å². The van der Waals surface area contributed by atoms with Gasteiger partial charge in [0.25, 0.3) is 0 Å². The van der Waals surface area contributed by atoms with Crippen LogP contribution >= 0.6 is 0 Å². The van der Waals surface area contributed by atoms with Crippen LogP contribution in [-0.4, -0.2) is 29.0 Å². The van der Waals surface area contributed by atoms with Crippen molar-refractivity contribution < 1.29 is 45.7 Å². The van der Waals surface area contributed by atoms with Crippen molar-refractivity contribution in [3.63, 3.8) is 0 Å². The zero-order chi connectivity index (χ0) is 17.1. The molecule has 0 aromatic carbocycles. The van der Waals surface area contributed by atoms with Gasteiger partial charge in [0, 0.05) is 0 Å². The Hall–Kier alpha value is -2.20. The van der Waals surface area contributed by atoms with Gasteiger partial charge in [0.2, 0.25) is 0 Å². The van der Waals surface area contributed by atoms with Crippen molar-refractivity contribution in [3.05, 3.63) is 17.5 Å². The first-order valence-corrected chi connectivity index (χ1v) is 5.65. The number of pyridine rings is 1. The molecule has 11 heteroatoms. The maximum absolute atomic E-state index is 12.9. The molecule has 0 aliphatic rings. The molecule has 124 valence electrons. The van der Waals surface area contributed by atoms with Crippen LogP contribution in [0.4, 0.5) is 26.3 Å². The number of ether oxygens (including phenoxy) is 2. The normalized spacial score (nSPS) is 12.1.